The summed E-state index contributed by atoms with van der Waals surface area (Å²) in [6.45, 7) is 13.5. The summed E-state index contributed by atoms with van der Waals surface area (Å²) in [6, 6.07) is 5.37. The van der Waals surface area contributed by atoms with Gasteiger partial charge in [0, 0.05) is 6.54 Å². The lowest BCUT2D eigenvalue weighted by Gasteiger charge is -2.32. The molecule has 0 atom stereocenters. The minimum atomic E-state index is -0.644. The van der Waals surface area contributed by atoms with E-state index in [2.05, 4.69) is 5.32 Å². The Morgan fingerprint density at radius 2 is 1.75 bits per heavy atom. The van der Waals surface area contributed by atoms with Crippen molar-refractivity contribution in [1.82, 2.24) is 5.32 Å². The molecule has 28 heavy (non-hydrogen) atoms. The van der Waals surface area contributed by atoms with Gasteiger partial charge in [-0.05, 0) is 65.6 Å². The van der Waals surface area contributed by atoms with E-state index in [-0.39, 0.29) is 6.54 Å². The van der Waals surface area contributed by atoms with Crippen molar-refractivity contribution in [3.05, 3.63) is 39.3 Å². The van der Waals surface area contributed by atoms with Crippen LogP contribution in [-0.2, 0) is 14.0 Å². The standard InChI is InChI=1S/C20H28BCl2NO4/c1-18(2,3)26-17(25)24-12-14(11-13-9-8-10-15(22)16(13)23)21-27-19(4,5)20(6,7)28-21/h8-11H,12H2,1-7H3,(H,24,25). The van der Waals surface area contributed by atoms with Crippen molar-refractivity contribution in [2.24, 2.45) is 0 Å². The van der Waals surface area contributed by atoms with E-state index in [1.54, 1.807) is 6.07 Å². The fourth-order valence-electron chi connectivity index (χ4n) is 2.52. The molecule has 0 aromatic heterocycles. The van der Waals surface area contributed by atoms with Gasteiger partial charge in [0.25, 0.3) is 0 Å². The number of hydrogen-bond acceptors (Lipinski definition) is 4. The third-order valence-electron chi connectivity index (χ3n) is 4.71. The minimum Gasteiger partial charge on any atom is -0.444 e. The Labute approximate surface area is 177 Å². The number of carbonyl (C=O) groups excluding carboxylic acids is 1. The molecule has 0 radical (unpaired) electrons. The predicted molar refractivity (Wildman–Crippen MR) is 115 cm³/mol. The maximum atomic E-state index is 12.1. The van der Waals surface area contributed by atoms with Gasteiger partial charge in [0.2, 0.25) is 0 Å². The summed E-state index contributed by atoms with van der Waals surface area (Å²) in [6.07, 6.45) is 1.31. The average molecular weight is 428 g/mol. The van der Waals surface area contributed by atoms with Gasteiger partial charge >= 0.3 is 13.2 Å². The molecule has 1 heterocycles. The van der Waals surface area contributed by atoms with E-state index >= 15 is 0 Å². The first-order valence-corrected chi connectivity index (χ1v) is 9.94. The van der Waals surface area contributed by atoms with Crippen molar-refractivity contribution in [1.29, 1.82) is 0 Å². The molecule has 0 aliphatic carbocycles. The van der Waals surface area contributed by atoms with E-state index in [9.17, 15) is 4.79 Å². The van der Waals surface area contributed by atoms with Crippen LogP contribution in [0, 0.1) is 0 Å². The molecule has 1 aliphatic heterocycles. The Bertz CT molecular complexity index is 756. The highest BCUT2D eigenvalue weighted by molar-refractivity contribution is 6.56. The molecular formula is C20H28BCl2NO4. The van der Waals surface area contributed by atoms with Gasteiger partial charge < -0.3 is 19.4 Å². The zero-order valence-electron chi connectivity index (χ0n) is 17.5. The highest BCUT2D eigenvalue weighted by Gasteiger charge is 2.52. The number of halogens is 2. The highest BCUT2D eigenvalue weighted by atomic mass is 35.5. The number of carbonyl (C=O) groups is 1. The largest absolute Gasteiger partial charge is 0.492 e. The fraction of sp³-hybridized carbons (Fsp3) is 0.550. The van der Waals surface area contributed by atoms with Crippen molar-refractivity contribution in [3.63, 3.8) is 0 Å². The van der Waals surface area contributed by atoms with Crippen molar-refractivity contribution in [3.8, 4) is 0 Å². The van der Waals surface area contributed by atoms with E-state index in [1.165, 1.54) is 0 Å². The molecule has 1 saturated heterocycles. The highest BCUT2D eigenvalue weighted by Crippen LogP contribution is 2.39. The third kappa shape index (κ3) is 5.66. The Kier molecular flexibility index (Phi) is 6.81. The van der Waals surface area contributed by atoms with Gasteiger partial charge in [-0.25, -0.2) is 4.79 Å². The quantitative estimate of drug-likeness (QED) is 0.641. The first-order chi connectivity index (χ1) is 12.7. The van der Waals surface area contributed by atoms with Crippen LogP contribution in [0.25, 0.3) is 6.08 Å². The topological polar surface area (TPSA) is 56.8 Å². The molecule has 154 valence electrons. The van der Waals surface area contributed by atoms with E-state index < -0.39 is 30.0 Å². The van der Waals surface area contributed by atoms with Crippen LogP contribution in [0.5, 0.6) is 0 Å². The molecule has 1 aliphatic rings. The number of nitrogens with one attached hydrogen (secondary N) is 1. The summed E-state index contributed by atoms with van der Waals surface area (Å²) in [5, 5.41) is 3.63. The molecule has 0 bridgehead atoms. The molecule has 1 aromatic rings. The zero-order chi connectivity index (χ0) is 21.3. The van der Waals surface area contributed by atoms with Gasteiger partial charge in [-0.3, -0.25) is 0 Å². The Morgan fingerprint density at radius 1 is 1.18 bits per heavy atom. The van der Waals surface area contributed by atoms with Crippen LogP contribution in [0.3, 0.4) is 0 Å². The first kappa shape index (κ1) is 23.1. The first-order valence-electron chi connectivity index (χ1n) is 9.19. The number of benzene rings is 1. The SMILES string of the molecule is CC(C)(C)OC(=O)NCC(=Cc1cccc(Cl)c1Cl)B1OC(C)(C)C(C)(C)O1. The van der Waals surface area contributed by atoms with Gasteiger partial charge in [-0.2, -0.15) is 0 Å². The lowest BCUT2D eigenvalue weighted by molar-refractivity contribution is 0.00578. The van der Waals surface area contributed by atoms with E-state index in [0.717, 1.165) is 0 Å². The smallest absolute Gasteiger partial charge is 0.444 e. The van der Waals surface area contributed by atoms with E-state index in [4.69, 9.17) is 37.2 Å². The zero-order valence-corrected chi connectivity index (χ0v) is 19.0. The summed E-state index contributed by atoms with van der Waals surface area (Å²) in [7, 11) is -0.644. The predicted octanol–water partition coefficient (Wildman–Crippen LogP) is 5.53. The summed E-state index contributed by atoms with van der Waals surface area (Å²) in [4.78, 5) is 12.1. The molecule has 1 aromatic carbocycles. The van der Waals surface area contributed by atoms with Gasteiger partial charge in [0.15, 0.2) is 0 Å². The molecule has 1 N–H and O–H groups in total. The number of alkyl carbamates (subject to hydrolysis) is 1. The van der Waals surface area contributed by atoms with Crippen LogP contribution in [0.4, 0.5) is 4.79 Å². The lowest BCUT2D eigenvalue weighted by atomic mass is 9.77. The van der Waals surface area contributed by atoms with Crippen molar-refractivity contribution < 1.29 is 18.8 Å². The van der Waals surface area contributed by atoms with Crippen LogP contribution in [0.15, 0.2) is 23.7 Å². The van der Waals surface area contributed by atoms with Crippen molar-refractivity contribution >= 4 is 42.5 Å². The molecule has 1 amide bonds. The Morgan fingerprint density at radius 3 is 2.29 bits per heavy atom. The second kappa shape index (κ2) is 8.27. The summed E-state index contributed by atoms with van der Waals surface area (Å²) < 4.78 is 17.6. The van der Waals surface area contributed by atoms with E-state index in [1.807, 2.05) is 66.7 Å². The van der Waals surface area contributed by atoms with Gasteiger partial charge in [-0.1, -0.05) is 41.4 Å². The molecule has 5 nitrogen and oxygen atoms in total. The molecule has 0 spiro atoms. The van der Waals surface area contributed by atoms with Crippen molar-refractivity contribution in [2.45, 2.75) is 65.3 Å². The fourth-order valence-corrected chi connectivity index (χ4v) is 2.88. The molecular weight excluding hydrogens is 400 g/mol. The second-order valence-corrected chi connectivity index (χ2v) is 9.59. The Hall–Kier alpha value is -1.21. The number of rotatable bonds is 4. The van der Waals surface area contributed by atoms with Crippen LogP contribution in [0.2, 0.25) is 10.0 Å². The molecule has 0 saturated carbocycles. The van der Waals surface area contributed by atoms with Crippen LogP contribution in [-0.4, -0.2) is 36.6 Å². The molecule has 2 rings (SSSR count). The minimum absolute atomic E-state index is 0.175. The normalized spacial score (nSPS) is 18.9. The molecule has 1 fully saturated rings. The number of ether oxygens (including phenoxy) is 1. The summed E-state index contributed by atoms with van der Waals surface area (Å²) in [5.74, 6) is 0. The van der Waals surface area contributed by atoms with Crippen LogP contribution >= 0.6 is 23.2 Å². The Balaban J connectivity index is 2.30. The number of hydrogen-bond donors (Lipinski definition) is 1. The number of amides is 1. The second-order valence-electron chi connectivity index (χ2n) is 8.81. The average Bonchev–Trinajstić information content (AvgIpc) is 2.74. The maximum Gasteiger partial charge on any atom is 0.492 e. The van der Waals surface area contributed by atoms with Crippen LogP contribution in [0.1, 0.15) is 54.0 Å². The van der Waals surface area contributed by atoms with Gasteiger partial charge in [-0.15, -0.1) is 0 Å². The van der Waals surface area contributed by atoms with Gasteiger partial charge in [0.05, 0.1) is 21.2 Å². The summed E-state index contributed by atoms with van der Waals surface area (Å²) in [5.41, 5.74) is -0.200. The summed E-state index contributed by atoms with van der Waals surface area (Å²) >= 11 is 12.5. The van der Waals surface area contributed by atoms with Gasteiger partial charge in [0.1, 0.15) is 5.60 Å². The van der Waals surface area contributed by atoms with Crippen LogP contribution < -0.4 is 5.32 Å². The van der Waals surface area contributed by atoms with Crippen molar-refractivity contribution in [2.75, 3.05) is 6.54 Å². The maximum absolute atomic E-state index is 12.1. The van der Waals surface area contributed by atoms with E-state index in [0.29, 0.717) is 21.1 Å². The molecule has 8 heteroatoms. The third-order valence-corrected chi connectivity index (χ3v) is 5.55. The monoisotopic (exact) mass is 427 g/mol. The lowest BCUT2D eigenvalue weighted by Crippen LogP contribution is -2.41. The molecule has 0 unspecified atom stereocenters.